The minimum atomic E-state index is -2.79. The second kappa shape index (κ2) is 2.15. The topological polar surface area (TPSA) is 53.0 Å². The van der Waals surface area contributed by atoms with E-state index in [2.05, 4.69) is 9.79 Å². The molecule has 0 N–H and O–H groups in total. The van der Waals surface area contributed by atoms with Crippen LogP contribution in [0.4, 0.5) is 8.78 Å². The minimum Gasteiger partial charge on any atom is -0.539 e. The van der Waals surface area contributed by atoms with E-state index < -0.39 is 18.3 Å². The average Bonchev–Trinajstić information content (AvgIpc) is 2.31. The van der Waals surface area contributed by atoms with Gasteiger partial charge < -0.3 is 9.63 Å². The maximum absolute atomic E-state index is 12.7. The van der Waals surface area contributed by atoms with Gasteiger partial charge in [0.25, 0.3) is 5.92 Å². The lowest BCUT2D eigenvalue weighted by atomic mass is 10.1. The lowest BCUT2D eigenvalue weighted by Gasteiger charge is -2.15. The average molecular weight is 176 g/mol. The first-order valence-electron chi connectivity index (χ1n) is 3.52. The second-order valence-corrected chi connectivity index (χ2v) is 2.81. The van der Waals surface area contributed by atoms with Crippen LogP contribution in [-0.4, -0.2) is 11.2 Å². The number of halogens is 2. The van der Waals surface area contributed by atoms with Gasteiger partial charge >= 0.3 is 0 Å². The van der Waals surface area contributed by atoms with Crippen molar-refractivity contribution in [2.75, 3.05) is 0 Å². The third-order valence-electron chi connectivity index (χ3n) is 1.88. The fourth-order valence-corrected chi connectivity index (χ4v) is 1.24. The molecule has 0 amide bonds. The number of hydrogen-bond donors (Lipinski definition) is 0. The molecule has 0 radical (unpaired) electrons. The number of fused-ring (bicyclic) bond motifs is 1. The molecule has 0 unspecified atom stereocenters. The summed E-state index contributed by atoms with van der Waals surface area (Å²) in [5, 5.41) is 14.1. The monoisotopic (exact) mass is 176 g/mol. The first-order valence-corrected chi connectivity index (χ1v) is 3.52. The Kier molecular flexibility index (Phi) is 1.33. The maximum atomic E-state index is 12.7. The summed E-state index contributed by atoms with van der Waals surface area (Å²) in [5.41, 5.74) is -0.0359. The third-order valence-corrected chi connectivity index (χ3v) is 1.88. The van der Waals surface area contributed by atoms with Gasteiger partial charge in [-0.2, -0.15) is 0 Å². The molecule has 66 valence electrons. The van der Waals surface area contributed by atoms with Gasteiger partial charge in [0.05, 0.1) is 11.7 Å². The molecule has 0 saturated heterocycles. The van der Waals surface area contributed by atoms with E-state index in [1.165, 1.54) is 4.68 Å². The lowest BCUT2D eigenvalue weighted by Crippen LogP contribution is -2.48. The van der Waals surface area contributed by atoms with Crippen molar-refractivity contribution in [1.82, 2.24) is 5.27 Å². The van der Waals surface area contributed by atoms with Gasteiger partial charge in [-0.05, 0) is 0 Å². The Morgan fingerprint density at radius 2 is 2.33 bits per heavy atom. The normalized spacial score (nSPS) is 20.5. The van der Waals surface area contributed by atoms with Gasteiger partial charge in [-0.1, -0.05) is 4.68 Å². The molecule has 2 rings (SSSR count). The van der Waals surface area contributed by atoms with Crippen molar-refractivity contribution in [3.05, 3.63) is 5.69 Å². The Hall–Kier alpha value is -1.20. The first-order chi connectivity index (χ1) is 5.58. The summed E-state index contributed by atoms with van der Waals surface area (Å²) in [6.07, 6.45) is -0.841. The molecule has 2 heterocycles. The van der Waals surface area contributed by atoms with Crippen LogP contribution < -0.4 is 9.79 Å². The molecule has 0 saturated carbocycles. The Bertz CT molecular complexity index is 310. The predicted octanol–water partition coefficient (Wildman–Crippen LogP) is -0.383. The van der Waals surface area contributed by atoms with Crippen LogP contribution in [-0.2, 0) is 13.0 Å². The van der Waals surface area contributed by atoms with Crippen LogP contribution in [0, 0.1) is 0 Å². The Labute approximate surface area is 66.4 Å². The molecule has 1 aliphatic rings. The number of rotatable bonds is 0. The predicted molar refractivity (Wildman–Crippen MR) is 29.4 cm³/mol. The van der Waals surface area contributed by atoms with Gasteiger partial charge in [0.2, 0.25) is 5.69 Å². The highest BCUT2D eigenvalue weighted by atomic mass is 19.3. The smallest absolute Gasteiger partial charge is 0.264 e. The molecule has 0 bridgehead atoms. The second-order valence-electron chi connectivity index (χ2n) is 2.81. The number of alkyl halides is 2. The van der Waals surface area contributed by atoms with Crippen molar-refractivity contribution in [3.63, 3.8) is 0 Å². The van der Waals surface area contributed by atoms with E-state index in [0.717, 1.165) is 0 Å². The number of aromatic nitrogens is 2. The summed E-state index contributed by atoms with van der Waals surface area (Å²) < 4.78 is 30.9. The van der Waals surface area contributed by atoms with Crippen molar-refractivity contribution in [2.45, 2.75) is 25.3 Å². The Balaban J connectivity index is 2.38. The molecule has 1 aromatic rings. The van der Waals surface area contributed by atoms with Gasteiger partial charge in [0, 0.05) is 0 Å². The Morgan fingerprint density at radius 3 is 3.08 bits per heavy atom. The van der Waals surface area contributed by atoms with Gasteiger partial charge in [0.1, 0.15) is 6.42 Å². The fourth-order valence-electron chi connectivity index (χ4n) is 1.24. The van der Waals surface area contributed by atoms with Crippen molar-refractivity contribution >= 4 is 0 Å². The summed E-state index contributed by atoms with van der Waals surface area (Å²) in [6.45, 7) is 0.0497. The minimum absolute atomic E-state index is 0.0359. The van der Waals surface area contributed by atoms with Crippen LogP contribution >= 0.6 is 0 Å². The van der Waals surface area contributed by atoms with E-state index in [0.29, 0.717) is 0 Å². The number of nitrogens with zero attached hydrogens (tertiary/aromatic N) is 2. The van der Waals surface area contributed by atoms with Crippen LogP contribution in [0.3, 0.4) is 0 Å². The van der Waals surface area contributed by atoms with Crippen molar-refractivity contribution in [3.8, 4) is 5.95 Å². The fraction of sp³-hybridized carbons (Fsp3) is 0.667. The largest absolute Gasteiger partial charge is 0.539 e. The van der Waals surface area contributed by atoms with Crippen LogP contribution in [0.15, 0.2) is 4.52 Å². The molecular weight excluding hydrogens is 170 g/mol. The molecule has 0 aliphatic carbocycles. The van der Waals surface area contributed by atoms with E-state index >= 15 is 0 Å². The van der Waals surface area contributed by atoms with Gasteiger partial charge in [-0.3, -0.25) is 0 Å². The summed E-state index contributed by atoms with van der Waals surface area (Å²) in [7, 11) is 0. The highest BCUT2D eigenvalue weighted by molar-refractivity contribution is 5.06. The van der Waals surface area contributed by atoms with Crippen LogP contribution in [0.25, 0.3) is 0 Å². The van der Waals surface area contributed by atoms with Crippen LogP contribution in [0.2, 0.25) is 0 Å². The van der Waals surface area contributed by atoms with E-state index in [-0.39, 0.29) is 18.7 Å². The standard InChI is InChI=1S/C6H6F2N2O2/c7-6(8)1-2-10-4(3-6)5(11)12-9-10/h1-3H2. The molecule has 1 aliphatic heterocycles. The zero-order valence-electron chi connectivity index (χ0n) is 6.09. The zero-order chi connectivity index (χ0) is 8.77. The zero-order valence-corrected chi connectivity index (χ0v) is 6.09. The van der Waals surface area contributed by atoms with E-state index in [1.807, 2.05) is 0 Å². The van der Waals surface area contributed by atoms with Crippen LogP contribution in [0.5, 0.6) is 5.95 Å². The van der Waals surface area contributed by atoms with Gasteiger partial charge in [-0.25, -0.2) is 8.78 Å². The van der Waals surface area contributed by atoms with Gasteiger partial charge in [0.15, 0.2) is 12.5 Å². The number of aryl methyl sites for hydroxylation is 1. The molecule has 0 fully saturated rings. The summed E-state index contributed by atoms with van der Waals surface area (Å²) >= 11 is 0. The van der Waals surface area contributed by atoms with Gasteiger partial charge in [-0.15, -0.1) is 0 Å². The highest BCUT2D eigenvalue weighted by Gasteiger charge is 2.41. The maximum Gasteiger partial charge on any atom is 0.264 e. The van der Waals surface area contributed by atoms with E-state index in [9.17, 15) is 13.9 Å². The molecule has 0 atom stereocenters. The quantitative estimate of drug-likeness (QED) is 0.506. The van der Waals surface area contributed by atoms with Crippen molar-refractivity contribution < 1.29 is 23.1 Å². The van der Waals surface area contributed by atoms with Crippen molar-refractivity contribution in [1.29, 1.82) is 0 Å². The first kappa shape index (κ1) is 7.45. The third kappa shape index (κ3) is 1.03. The summed E-state index contributed by atoms with van der Waals surface area (Å²) in [6, 6.07) is 0. The van der Waals surface area contributed by atoms with E-state index in [1.54, 1.807) is 0 Å². The summed E-state index contributed by atoms with van der Waals surface area (Å²) in [5.74, 6) is -3.54. The molecular formula is C6H6F2N2O2. The van der Waals surface area contributed by atoms with Crippen LogP contribution in [0.1, 0.15) is 12.1 Å². The molecule has 4 nitrogen and oxygen atoms in total. The molecule has 0 aromatic carbocycles. The highest BCUT2D eigenvalue weighted by Crippen LogP contribution is 2.28. The SMILES string of the molecule is [O-]c1on[n+]2c1CC(F)(F)CC2. The molecule has 1 aromatic heterocycles. The molecule has 0 spiro atoms. The molecule has 6 heteroatoms. The summed E-state index contributed by atoms with van der Waals surface area (Å²) in [4.78, 5) is 0. The van der Waals surface area contributed by atoms with E-state index in [4.69, 9.17) is 0 Å². The van der Waals surface area contributed by atoms with Crippen molar-refractivity contribution in [2.24, 2.45) is 0 Å². The number of hydrogen-bond acceptors (Lipinski definition) is 3. The lowest BCUT2D eigenvalue weighted by molar-refractivity contribution is -0.776. The molecule has 12 heavy (non-hydrogen) atoms. The Morgan fingerprint density at radius 1 is 1.58 bits per heavy atom.